The van der Waals surface area contributed by atoms with E-state index in [1.54, 1.807) is 0 Å². The standard InChI is InChI=1S/C38H22O2/c1-2-10-24-21-25(18-17-23(24)9-1)35-28-12-3-5-14-30(28)36(31-15-6-4-13-29(31)35)34-22-26-19-20-32-27-11-7-8-16-33(27)39-38(32)37(26)40-34/h1-22H. The van der Waals surface area contributed by atoms with Gasteiger partial charge >= 0.3 is 0 Å². The van der Waals surface area contributed by atoms with Crippen LogP contribution in [0.4, 0.5) is 0 Å². The third-order valence-electron chi connectivity index (χ3n) is 8.25. The molecule has 186 valence electrons. The highest BCUT2D eigenvalue weighted by molar-refractivity contribution is 6.22. The molecule has 0 aliphatic carbocycles. The van der Waals surface area contributed by atoms with Crippen LogP contribution in [0.5, 0.6) is 0 Å². The van der Waals surface area contributed by atoms with E-state index in [9.17, 15) is 0 Å². The molecule has 2 heterocycles. The molecule has 0 atom stereocenters. The Bertz CT molecular complexity index is 2380. The Morgan fingerprint density at radius 2 is 0.950 bits per heavy atom. The topological polar surface area (TPSA) is 26.3 Å². The van der Waals surface area contributed by atoms with Crippen molar-refractivity contribution in [1.29, 1.82) is 0 Å². The Kier molecular flexibility index (Phi) is 4.36. The molecule has 9 aromatic rings. The Labute approximate surface area is 229 Å². The predicted molar refractivity (Wildman–Crippen MR) is 167 cm³/mol. The number of hydrogen-bond acceptors (Lipinski definition) is 2. The molecule has 0 aliphatic rings. The van der Waals surface area contributed by atoms with Crippen molar-refractivity contribution in [2.75, 3.05) is 0 Å². The highest BCUT2D eigenvalue weighted by atomic mass is 16.4. The molecule has 2 nitrogen and oxygen atoms in total. The van der Waals surface area contributed by atoms with E-state index in [0.717, 1.165) is 44.2 Å². The van der Waals surface area contributed by atoms with Crippen LogP contribution < -0.4 is 0 Å². The molecule has 0 N–H and O–H groups in total. The lowest BCUT2D eigenvalue weighted by Gasteiger charge is -2.16. The fourth-order valence-electron chi connectivity index (χ4n) is 6.45. The third-order valence-corrected chi connectivity index (χ3v) is 8.25. The molecule has 2 heteroatoms. The summed E-state index contributed by atoms with van der Waals surface area (Å²) in [5.74, 6) is 0.848. The highest BCUT2D eigenvalue weighted by Crippen LogP contribution is 2.46. The summed E-state index contributed by atoms with van der Waals surface area (Å²) in [4.78, 5) is 0. The van der Waals surface area contributed by atoms with Crippen LogP contribution in [0.1, 0.15) is 0 Å². The number of fused-ring (bicyclic) bond motifs is 8. The van der Waals surface area contributed by atoms with Gasteiger partial charge < -0.3 is 8.83 Å². The van der Waals surface area contributed by atoms with Crippen LogP contribution in [0.3, 0.4) is 0 Å². The molecule has 0 spiro atoms. The maximum atomic E-state index is 6.72. The Morgan fingerprint density at radius 3 is 1.70 bits per heavy atom. The van der Waals surface area contributed by atoms with E-state index < -0.39 is 0 Å². The molecular weight excluding hydrogens is 488 g/mol. The minimum Gasteiger partial charge on any atom is -0.452 e. The van der Waals surface area contributed by atoms with Gasteiger partial charge in [0, 0.05) is 21.7 Å². The first-order valence-electron chi connectivity index (χ1n) is 13.6. The van der Waals surface area contributed by atoms with Gasteiger partial charge in [0.15, 0.2) is 11.2 Å². The van der Waals surface area contributed by atoms with Gasteiger partial charge in [0.2, 0.25) is 0 Å². The number of hydrogen-bond donors (Lipinski definition) is 0. The van der Waals surface area contributed by atoms with Gasteiger partial charge in [-0.1, -0.05) is 109 Å². The van der Waals surface area contributed by atoms with E-state index in [2.05, 4.69) is 115 Å². The first-order valence-corrected chi connectivity index (χ1v) is 13.6. The first-order chi connectivity index (χ1) is 19.8. The van der Waals surface area contributed by atoms with Crippen LogP contribution >= 0.6 is 0 Å². The second-order valence-electron chi connectivity index (χ2n) is 10.5. The minimum atomic E-state index is 0.787. The summed E-state index contributed by atoms with van der Waals surface area (Å²) >= 11 is 0. The largest absolute Gasteiger partial charge is 0.452 e. The molecule has 0 unspecified atom stereocenters. The number of benzene rings is 7. The van der Waals surface area contributed by atoms with E-state index in [0.29, 0.717) is 0 Å². The average Bonchev–Trinajstić information content (AvgIpc) is 3.61. The van der Waals surface area contributed by atoms with Crippen LogP contribution in [-0.4, -0.2) is 0 Å². The van der Waals surface area contributed by atoms with Crippen molar-refractivity contribution in [2.24, 2.45) is 0 Å². The summed E-state index contributed by atoms with van der Waals surface area (Å²) in [7, 11) is 0. The average molecular weight is 511 g/mol. The minimum absolute atomic E-state index is 0.787. The lowest BCUT2D eigenvalue weighted by molar-refractivity contribution is 0.612. The smallest absolute Gasteiger partial charge is 0.178 e. The predicted octanol–water partition coefficient (Wildman–Crippen LogP) is 11.1. The Balaban J connectivity index is 1.37. The second kappa shape index (κ2) is 8.08. The normalized spacial score (nSPS) is 12.0. The zero-order valence-corrected chi connectivity index (χ0v) is 21.5. The van der Waals surface area contributed by atoms with Crippen molar-refractivity contribution in [2.45, 2.75) is 0 Å². The molecule has 0 radical (unpaired) electrons. The number of para-hydroxylation sites is 1. The molecule has 40 heavy (non-hydrogen) atoms. The summed E-state index contributed by atoms with van der Waals surface area (Å²) < 4.78 is 13.0. The van der Waals surface area contributed by atoms with Crippen LogP contribution in [0.2, 0.25) is 0 Å². The van der Waals surface area contributed by atoms with E-state index >= 15 is 0 Å². The quantitative estimate of drug-likeness (QED) is 0.216. The summed E-state index contributed by atoms with van der Waals surface area (Å²) in [6.45, 7) is 0. The van der Waals surface area contributed by atoms with Gasteiger partial charge in [0.25, 0.3) is 0 Å². The SMILES string of the molecule is c1ccc2cc(-c3c4ccccc4c(-c4cc5ccc6c7ccccc7oc6c5o4)c4ccccc34)ccc2c1. The maximum absolute atomic E-state index is 6.72. The zero-order valence-electron chi connectivity index (χ0n) is 21.5. The fourth-order valence-corrected chi connectivity index (χ4v) is 6.45. The Hall–Kier alpha value is -5.34. The molecule has 9 rings (SSSR count). The molecule has 2 aromatic heterocycles. The van der Waals surface area contributed by atoms with E-state index in [4.69, 9.17) is 8.83 Å². The van der Waals surface area contributed by atoms with Gasteiger partial charge in [-0.2, -0.15) is 0 Å². The van der Waals surface area contributed by atoms with Gasteiger partial charge in [-0.25, -0.2) is 0 Å². The second-order valence-corrected chi connectivity index (χ2v) is 10.5. The highest BCUT2D eigenvalue weighted by Gasteiger charge is 2.20. The van der Waals surface area contributed by atoms with Crippen LogP contribution in [0, 0.1) is 0 Å². The summed E-state index contributed by atoms with van der Waals surface area (Å²) in [5.41, 5.74) is 6.03. The van der Waals surface area contributed by atoms with Gasteiger partial charge in [0.1, 0.15) is 11.3 Å². The Morgan fingerprint density at radius 1 is 0.350 bits per heavy atom. The van der Waals surface area contributed by atoms with Crippen LogP contribution in [0.25, 0.3) is 87.7 Å². The van der Waals surface area contributed by atoms with Crippen molar-refractivity contribution >= 4 is 65.2 Å². The third kappa shape index (κ3) is 2.99. The molecule has 0 bridgehead atoms. The first kappa shape index (κ1) is 21.6. The van der Waals surface area contributed by atoms with Gasteiger partial charge in [-0.3, -0.25) is 0 Å². The summed E-state index contributed by atoms with van der Waals surface area (Å²) in [6, 6.07) is 47.3. The maximum Gasteiger partial charge on any atom is 0.178 e. The van der Waals surface area contributed by atoms with Crippen LogP contribution in [-0.2, 0) is 0 Å². The van der Waals surface area contributed by atoms with Crippen LogP contribution in [0.15, 0.2) is 142 Å². The van der Waals surface area contributed by atoms with Crippen molar-refractivity contribution in [3.05, 3.63) is 133 Å². The lowest BCUT2D eigenvalue weighted by Crippen LogP contribution is -1.90. The molecule has 7 aromatic carbocycles. The lowest BCUT2D eigenvalue weighted by atomic mass is 9.87. The van der Waals surface area contributed by atoms with E-state index in [1.165, 1.54) is 43.4 Å². The monoisotopic (exact) mass is 510 g/mol. The molecule has 0 amide bonds. The zero-order chi connectivity index (χ0) is 26.2. The molecule has 0 saturated carbocycles. The van der Waals surface area contributed by atoms with Crippen molar-refractivity contribution < 1.29 is 8.83 Å². The van der Waals surface area contributed by atoms with Gasteiger partial charge in [-0.05, 0) is 67.7 Å². The van der Waals surface area contributed by atoms with Gasteiger partial charge in [0.05, 0.1) is 0 Å². The van der Waals surface area contributed by atoms with E-state index in [-0.39, 0.29) is 0 Å². The summed E-state index contributed by atoms with van der Waals surface area (Å²) in [5, 5.41) is 10.5. The van der Waals surface area contributed by atoms with E-state index in [1.807, 2.05) is 18.2 Å². The fraction of sp³-hybridized carbons (Fsp3) is 0. The molecule has 0 aliphatic heterocycles. The van der Waals surface area contributed by atoms with Crippen molar-refractivity contribution in [3.8, 4) is 22.5 Å². The van der Waals surface area contributed by atoms with Gasteiger partial charge in [-0.15, -0.1) is 0 Å². The number of furan rings is 2. The molecule has 0 saturated heterocycles. The summed E-state index contributed by atoms with van der Waals surface area (Å²) in [6.07, 6.45) is 0. The van der Waals surface area contributed by atoms with Crippen molar-refractivity contribution in [3.63, 3.8) is 0 Å². The molecular formula is C38H22O2. The molecule has 0 fully saturated rings. The van der Waals surface area contributed by atoms with Crippen molar-refractivity contribution in [1.82, 2.24) is 0 Å². The number of rotatable bonds is 2.